The number of nitrogens with one attached hydrogen (secondary N) is 1. The summed E-state index contributed by atoms with van der Waals surface area (Å²) in [5.41, 5.74) is 1.13. The van der Waals surface area contributed by atoms with Gasteiger partial charge in [-0.1, -0.05) is 36.0 Å². The van der Waals surface area contributed by atoms with Crippen LogP contribution in [0.2, 0.25) is 0 Å². The third kappa shape index (κ3) is 4.70. The monoisotopic (exact) mass is 462 g/mol. The number of anilines is 1. The average Bonchev–Trinajstić information content (AvgIpc) is 2.83. The third-order valence-electron chi connectivity index (χ3n) is 4.77. The summed E-state index contributed by atoms with van der Waals surface area (Å²) in [5.74, 6) is 0.119. The Morgan fingerprint density at radius 2 is 1.79 bits per heavy atom. The molecule has 1 N–H and O–H groups in total. The number of methoxy groups -OCH3 is 1. The van der Waals surface area contributed by atoms with Gasteiger partial charge in [-0.3, -0.25) is 24.3 Å². The van der Waals surface area contributed by atoms with Crippen LogP contribution in [0.4, 0.5) is 11.4 Å². The van der Waals surface area contributed by atoms with Gasteiger partial charge in [0.2, 0.25) is 5.91 Å². The van der Waals surface area contributed by atoms with E-state index in [-0.39, 0.29) is 22.9 Å². The number of benzene rings is 3. The zero-order valence-corrected chi connectivity index (χ0v) is 18.2. The second-order valence-electron chi connectivity index (χ2n) is 6.86. The highest BCUT2D eigenvalue weighted by molar-refractivity contribution is 7.99. The molecule has 4 rings (SSSR count). The largest absolute Gasteiger partial charge is 0.495 e. The van der Waals surface area contributed by atoms with Crippen molar-refractivity contribution in [3.05, 3.63) is 93.3 Å². The number of fused-ring (bicyclic) bond motifs is 1. The molecule has 1 amide bonds. The number of amides is 1. The smallest absolute Gasteiger partial charge is 0.269 e. The van der Waals surface area contributed by atoms with E-state index in [0.29, 0.717) is 33.2 Å². The normalized spacial score (nSPS) is 10.7. The molecule has 10 heteroatoms. The van der Waals surface area contributed by atoms with Gasteiger partial charge in [-0.15, -0.1) is 0 Å². The van der Waals surface area contributed by atoms with Crippen LogP contribution in [0.15, 0.2) is 82.7 Å². The first-order valence-electron chi connectivity index (χ1n) is 9.80. The molecule has 3 aromatic carbocycles. The first kappa shape index (κ1) is 22.0. The molecular formula is C23H18N4O5S. The fourth-order valence-corrected chi connectivity index (χ4v) is 4.04. The lowest BCUT2D eigenvalue weighted by Gasteiger charge is -2.15. The second kappa shape index (κ2) is 9.53. The SMILES string of the molecule is COc1ccccc1-n1c(SCC(=O)Nc2ccc([N+](=O)[O-])cc2)nc2ccccc2c1=O. The van der Waals surface area contributed by atoms with Crippen LogP contribution in [0.3, 0.4) is 0 Å². The molecule has 0 unspecified atom stereocenters. The highest BCUT2D eigenvalue weighted by Crippen LogP contribution is 2.27. The van der Waals surface area contributed by atoms with E-state index in [4.69, 9.17) is 4.74 Å². The molecular weight excluding hydrogens is 444 g/mol. The van der Waals surface area contributed by atoms with Crippen molar-refractivity contribution in [2.24, 2.45) is 0 Å². The molecule has 0 spiro atoms. The lowest BCUT2D eigenvalue weighted by Crippen LogP contribution is -2.23. The summed E-state index contributed by atoms with van der Waals surface area (Å²) < 4.78 is 6.86. The van der Waals surface area contributed by atoms with Gasteiger partial charge >= 0.3 is 0 Å². The molecule has 0 bridgehead atoms. The van der Waals surface area contributed by atoms with Crippen LogP contribution in [0.25, 0.3) is 16.6 Å². The van der Waals surface area contributed by atoms with E-state index in [1.165, 1.54) is 35.9 Å². The van der Waals surface area contributed by atoms with Crippen LogP contribution in [-0.4, -0.2) is 33.2 Å². The number of carbonyl (C=O) groups excluding carboxylic acids is 1. The molecule has 0 aliphatic rings. The van der Waals surface area contributed by atoms with E-state index in [9.17, 15) is 19.7 Å². The standard InChI is InChI=1S/C23H18N4O5S/c1-32-20-9-5-4-8-19(20)26-22(29)17-6-2-3-7-18(17)25-23(26)33-14-21(28)24-15-10-12-16(13-11-15)27(30)31/h2-13H,14H2,1H3,(H,24,28). The quantitative estimate of drug-likeness (QED) is 0.191. The summed E-state index contributed by atoms with van der Waals surface area (Å²) in [6, 6.07) is 19.6. The van der Waals surface area contributed by atoms with Gasteiger partial charge in [0.1, 0.15) is 5.75 Å². The molecule has 1 heterocycles. The molecule has 1 aromatic heterocycles. The molecule has 9 nitrogen and oxygen atoms in total. The average molecular weight is 462 g/mol. The zero-order valence-electron chi connectivity index (χ0n) is 17.4. The van der Waals surface area contributed by atoms with Gasteiger partial charge in [-0.05, 0) is 36.4 Å². The summed E-state index contributed by atoms with van der Waals surface area (Å²) >= 11 is 1.10. The molecule has 0 aliphatic heterocycles. The highest BCUT2D eigenvalue weighted by Gasteiger charge is 2.17. The molecule has 0 saturated heterocycles. The first-order chi connectivity index (χ1) is 16.0. The Hall–Kier alpha value is -4.18. The molecule has 0 radical (unpaired) electrons. The van der Waals surface area contributed by atoms with Gasteiger partial charge in [0.15, 0.2) is 5.16 Å². The Morgan fingerprint density at radius 3 is 2.52 bits per heavy atom. The number of thioether (sulfide) groups is 1. The number of non-ortho nitro benzene ring substituents is 1. The predicted octanol–water partition coefficient (Wildman–Crippen LogP) is 4.03. The number of aromatic nitrogens is 2. The Bertz CT molecular complexity index is 1400. The van der Waals surface area contributed by atoms with Crippen molar-refractivity contribution in [2.45, 2.75) is 5.16 Å². The highest BCUT2D eigenvalue weighted by atomic mass is 32.2. The molecule has 166 valence electrons. The van der Waals surface area contributed by atoms with Crippen molar-refractivity contribution in [3.8, 4) is 11.4 Å². The summed E-state index contributed by atoms with van der Waals surface area (Å²) in [6.45, 7) is 0. The van der Waals surface area contributed by atoms with Gasteiger partial charge in [0.25, 0.3) is 11.2 Å². The van der Waals surface area contributed by atoms with Crippen LogP contribution in [-0.2, 0) is 4.79 Å². The number of ether oxygens (including phenoxy) is 1. The van der Waals surface area contributed by atoms with E-state index in [0.717, 1.165) is 11.8 Å². The molecule has 4 aromatic rings. The van der Waals surface area contributed by atoms with E-state index in [1.54, 1.807) is 48.5 Å². The van der Waals surface area contributed by atoms with Crippen LogP contribution in [0.1, 0.15) is 0 Å². The number of nitro benzene ring substituents is 1. The fraction of sp³-hybridized carbons (Fsp3) is 0.0870. The zero-order chi connectivity index (χ0) is 23.4. The maximum Gasteiger partial charge on any atom is 0.269 e. The number of para-hydroxylation sites is 3. The van der Waals surface area contributed by atoms with Crippen molar-refractivity contribution in [1.29, 1.82) is 0 Å². The van der Waals surface area contributed by atoms with Gasteiger partial charge in [-0.25, -0.2) is 4.98 Å². The lowest BCUT2D eigenvalue weighted by molar-refractivity contribution is -0.384. The van der Waals surface area contributed by atoms with Crippen LogP contribution in [0, 0.1) is 10.1 Å². The maximum atomic E-state index is 13.3. The van der Waals surface area contributed by atoms with Gasteiger partial charge in [0, 0.05) is 17.8 Å². The van der Waals surface area contributed by atoms with Crippen LogP contribution >= 0.6 is 11.8 Å². The summed E-state index contributed by atoms with van der Waals surface area (Å²) in [6.07, 6.45) is 0. The third-order valence-corrected chi connectivity index (χ3v) is 5.70. The van der Waals surface area contributed by atoms with Crippen LogP contribution in [0.5, 0.6) is 5.75 Å². The maximum absolute atomic E-state index is 13.3. The first-order valence-corrected chi connectivity index (χ1v) is 10.8. The summed E-state index contributed by atoms with van der Waals surface area (Å²) in [5, 5.41) is 14.3. The van der Waals surface area contributed by atoms with E-state index < -0.39 is 4.92 Å². The van der Waals surface area contributed by atoms with E-state index >= 15 is 0 Å². The van der Waals surface area contributed by atoms with Gasteiger partial charge < -0.3 is 10.1 Å². The minimum Gasteiger partial charge on any atom is -0.495 e. The van der Waals surface area contributed by atoms with Crippen molar-refractivity contribution in [3.63, 3.8) is 0 Å². The molecule has 0 atom stereocenters. The number of nitro groups is 1. The molecule has 0 aliphatic carbocycles. The van der Waals surface area contributed by atoms with Crippen molar-refractivity contribution in [1.82, 2.24) is 9.55 Å². The minimum atomic E-state index is -0.510. The molecule has 0 fully saturated rings. The topological polar surface area (TPSA) is 116 Å². The number of hydrogen-bond donors (Lipinski definition) is 1. The van der Waals surface area contributed by atoms with Crippen molar-refractivity contribution >= 4 is 39.9 Å². The number of nitrogens with zero attached hydrogens (tertiary/aromatic N) is 3. The minimum absolute atomic E-state index is 0.0308. The summed E-state index contributed by atoms with van der Waals surface area (Å²) in [7, 11) is 1.52. The fourth-order valence-electron chi connectivity index (χ4n) is 3.23. The Balaban J connectivity index is 1.65. The van der Waals surface area contributed by atoms with Gasteiger partial charge in [-0.2, -0.15) is 0 Å². The Kier molecular flexibility index (Phi) is 6.36. The number of hydrogen-bond acceptors (Lipinski definition) is 7. The van der Waals surface area contributed by atoms with Crippen LogP contribution < -0.4 is 15.6 Å². The predicted molar refractivity (Wildman–Crippen MR) is 126 cm³/mol. The van der Waals surface area contributed by atoms with E-state index in [1.807, 2.05) is 0 Å². The Morgan fingerprint density at radius 1 is 1.09 bits per heavy atom. The number of carbonyl (C=O) groups is 1. The van der Waals surface area contributed by atoms with Crippen molar-refractivity contribution < 1.29 is 14.5 Å². The molecule has 0 saturated carbocycles. The molecule has 33 heavy (non-hydrogen) atoms. The number of rotatable bonds is 7. The lowest BCUT2D eigenvalue weighted by atomic mass is 10.2. The second-order valence-corrected chi connectivity index (χ2v) is 7.81. The van der Waals surface area contributed by atoms with E-state index in [2.05, 4.69) is 10.3 Å². The van der Waals surface area contributed by atoms with Crippen molar-refractivity contribution in [2.75, 3.05) is 18.2 Å². The van der Waals surface area contributed by atoms with Gasteiger partial charge in [0.05, 0.1) is 34.4 Å². The summed E-state index contributed by atoms with van der Waals surface area (Å²) in [4.78, 5) is 40.7. The Labute approximate surface area is 192 Å².